The van der Waals surface area contributed by atoms with Crippen molar-refractivity contribution in [1.82, 2.24) is 31.0 Å². The molecule has 0 aliphatic rings. The molecule has 1 aromatic heterocycles. The highest BCUT2D eigenvalue weighted by Crippen LogP contribution is 2.14. The molecule has 32 heavy (non-hydrogen) atoms. The molecule has 0 aliphatic carbocycles. The fraction of sp³-hybridized carbons (Fsp3) is 0.476. The molecule has 0 fully saturated rings. The molecule has 172 valence electrons. The summed E-state index contributed by atoms with van der Waals surface area (Å²) in [5.41, 5.74) is 0.875. The van der Waals surface area contributed by atoms with Crippen molar-refractivity contribution in [3.05, 3.63) is 36.2 Å². The summed E-state index contributed by atoms with van der Waals surface area (Å²) in [5, 5.41) is 29.6. The van der Waals surface area contributed by atoms with E-state index < -0.39 is 23.7 Å². The van der Waals surface area contributed by atoms with Crippen LogP contribution in [0.3, 0.4) is 0 Å². The summed E-state index contributed by atoms with van der Waals surface area (Å²) in [6.07, 6.45) is 2.02. The monoisotopic (exact) mass is 444 g/mol. The number of carboxylic acid groups (broad SMARTS) is 1. The standard InChI is InChI=1S/C21H28N6O5/c1-21(2,3)32-20(31)25-16(19(29)30)6-4-5-11-22-17(28)12-14-7-9-15(10-8-14)18-26-23-13-24-27-18/h7-10,13,16H,4-6,11-12H2,1-3H3,(H,22,28)(H,25,31)(H,29,30)/t16-/m1/s1. The minimum Gasteiger partial charge on any atom is -0.480 e. The number of carbonyl (C=O) groups is 3. The number of aromatic nitrogens is 4. The Labute approximate surface area is 186 Å². The van der Waals surface area contributed by atoms with E-state index >= 15 is 0 Å². The third-order valence-electron chi connectivity index (χ3n) is 4.22. The largest absolute Gasteiger partial charge is 0.480 e. The highest BCUT2D eigenvalue weighted by molar-refractivity contribution is 5.80. The summed E-state index contributed by atoms with van der Waals surface area (Å²) in [7, 11) is 0. The lowest BCUT2D eigenvalue weighted by molar-refractivity contribution is -0.139. The average molecular weight is 444 g/mol. The first-order valence-corrected chi connectivity index (χ1v) is 10.2. The summed E-state index contributed by atoms with van der Waals surface area (Å²) < 4.78 is 5.08. The molecule has 2 rings (SSSR count). The first kappa shape index (κ1) is 24.6. The molecule has 0 aliphatic heterocycles. The molecule has 0 spiro atoms. The Morgan fingerprint density at radius 3 is 2.31 bits per heavy atom. The first-order chi connectivity index (χ1) is 15.1. The van der Waals surface area contributed by atoms with Gasteiger partial charge in [0.2, 0.25) is 11.7 Å². The lowest BCUT2D eigenvalue weighted by Crippen LogP contribution is -2.43. The van der Waals surface area contributed by atoms with E-state index in [1.165, 1.54) is 6.33 Å². The summed E-state index contributed by atoms with van der Waals surface area (Å²) >= 11 is 0. The van der Waals surface area contributed by atoms with Gasteiger partial charge in [0, 0.05) is 12.1 Å². The molecule has 11 heteroatoms. The van der Waals surface area contributed by atoms with Crippen molar-refractivity contribution in [3.63, 3.8) is 0 Å². The third-order valence-corrected chi connectivity index (χ3v) is 4.22. The van der Waals surface area contributed by atoms with Gasteiger partial charge in [-0.1, -0.05) is 24.3 Å². The minimum absolute atomic E-state index is 0.140. The van der Waals surface area contributed by atoms with E-state index in [9.17, 15) is 19.5 Å². The first-order valence-electron chi connectivity index (χ1n) is 10.2. The Morgan fingerprint density at radius 1 is 1.06 bits per heavy atom. The number of carbonyl (C=O) groups excluding carboxylic acids is 2. The van der Waals surface area contributed by atoms with Crippen molar-refractivity contribution in [2.45, 2.75) is 58.1 Å². The van der Waals surface area contributed by atoms with Crippen LogP contribution < -0.4 is 10.6 Å². The number of rotatable bonds is 10. The van der Waals surface area contributed by atoms with Crippen molar-refractivity contribution in [3.8, 4) is 11.4 Å². The van der Waals surface area contributed by atoms with Crippen LogP contribution in [0.15, 0.2) is 30.6 Å². The SMILES string of the molecule is CC(C)(C)OC(=O)N[C@H](CCCCNC(=O)Cc1ccc(-c2nncnn2)cc1)C(=O)O. The molecule has 0 bridgehead atoms. The van der Waals surface area contributed by atoms with E-state index in [0.29, 0.717) is 25.2 Å². The zero-order valence-corrected chi connectivity index (χ0v) is 18.4. The third kappa shape index (κ3) is 9.02. The Morgan fingerprint density at radius 2 is 1.72 bits per heavy atom. The Hall–Kier alpha value is -3.63. The van der Waals surface area contributed by atoms with Crippen molar-refractivity contribution in [2.75, 3.05) is 6.54 Å². The van der Waals surface area contributed by atoms with Gasteiger partial charge in [-0.05, 0) is 45.6 Å². The van der Waals surface area contributed by atoms with Gasteiger partial charge in [0.1, 0.15) is 11.6 Å². The van der Waals surface area contributed by atoms with Crippen molar-refractivity contribution >= 4 is 18.0 Å². The molecule has 3 N–H and O–H groups in total. The van der Waals surface area contributed by atoms with Crippen LogP contribution >= 0.6 is 0 Å². The van der Waals surface area contributed by atoms with Crippen LogP contribution in [0.1, 0.15) is 45.6 Å². The van der Waals surface area contributed by atoms with Crippen LogP contribution in [-0.2, 0) is 20.7 Å². The van der Waals surface area contributed by atoms with Gasteiger partial charge in [0.15, 0.2) is 6.33 Å². The van der Waals surface area contributed by atoms with Crippen molar-refractivity contribution in [1.29, 1.82) is 0 Å². The number of benzene rings is 1. The van der Waals surface area contributed by atoms with E-state index in [1.807, 2.05) is 12.1 Å². The lowest BCUT2D eigenvalue weighted by Gasteiger charge is -2.22. The molecule has 0 radical (unpaired) electrons. The number of aliphatic carboxylic acids is 1. The van der Waals surface area contributed by atoms with Crippen LogP contribution in [0, 0.1) is 0 Å². The van der Waals surface area contributed by atoms with Gasteiger partial charge in [-0.25, -0.2) is 9.59 Å². The molecular weight excluding hydrogens is 416 g/mol. The van der Waals surface area contributed by atoms with E-state index in [0.717, 1.165) is 11.1 Å². The number of alkyl carbamates (subject to hydrolysis) is 1. The molecule has 0 saturated heterocycles. The summed E-state index contributed by atoms with van der Waals surface area (Å²) in [6.45, 7) is 5.51. The molecule has 2 amide bonds. The van der Waals surface area contributed by atoms with E-state index in [1.54, 1.807) is 32.9 Å². The van der Waals surface area contributed by atoms with Crippen molar-refractivity contribution in [2.24, 2.45) is 0 Å². The number of nitrogens with one attached hydrogen (secondary N) is 2. The summed E-state index contributed by atoms with van der Waals surface area (Å²) in [6, 6.07) is 6.17. The van der Waals surface area contributed by atoms with Crippen LogP contribution in [0.2, 0.25) is 0 Å². The van der Waals surface area contributed by atoms with Gasteiger partial charge in [-0.3, -0.25) is 4.79 Å². The molecular formula is C21H28N6O5. The quantitative estimate of drug-likeness (QED) is 0.464. The van der Waals surface area contributed by atoms with E-state index in [2.05, 4.69) is 31.0 Å². The normalized spacial score (nSPS) is 12.0. The lowest BCUT2D eigenvalue weighted by atomic mass is 10.1. The predicted molar refractivity (Wildman–Crippen MR) is 114 cm³/mol. The molecule has 0 saturated carbocycles. The van der Waals surface area contributed by atoms with E-state index in [4.69, 9.17) is 4.74 Å². The van der Waals surface area contributed by atoms with Crippen LogP contribution in [0.4, 0.5) is 4.79 Å². The minimum atomic E-state index is -1.13. The maximum absolute atomic E-state index is 12.1. The molecule has 11 nitrogen and oxygen atoms in total. The Kier molecular flexibility index (Phi) is 8.99. The summed E-state index contributed by atoms with van der Waals surface area (Å²) in [5.74, 6) is -0.862. The van der Waals surface area contributed by atoms with Gasteiger partial charge in [-0.15, -0.1) is 20.4 Å². The number of ether oxygens (including phenoxy) is 1. The molecule has 1 aromatic carbocycles. The fourth-order valence-electron chi connectivity index (χ4n) is 2.75. The van der Waals surface area contributed by atoms with Gasteiger partial charge in [0.25, 0.3) is 0 Å². The molecule has 1 atom stereocenters. The zero-order chi connectivity index (χ0) is 23.6. The number of unbranched alkanes of at least 4 members (excludes halogenated alkanes) is 1. The maximum atomic E-state index is 12.1. The Balaban J connectivity index is 1.69. The number of carboxylic acids is 1. The second kappa shape index (κ2) is 11.7. The Bertz CT molecular complexity index is 899. The predicted octanol–water partition coefficient (Wildman–Crippen LogP) is 1.74. The topological polar surface area (TPSA) is 156 Å². The highest BCUT2D eigenvalue weighted by Gasteiger charge is 2.23. The molecule has 2 aromatic rings. The number of hydrogen-bond acceptors (Lipinski definition) is 8. The average Bonchev–Trinajstić information content (AvgIpc) is 2.72. The van der Waals surface area contributed by atoms with Gasteiger partial charge in [0.05, 0.1) is 6.42 Å². The van der Waals surface area contributed by atoms with Crippen LogP contribution in [0.5, 0.6) is 0 Å². The highest BCUT2D eigenvalue weighted by atomic mass is 16.6. The number of hydrogen-bond donors (Lipinski definition) is 3. The molecule has 1 heterocycles. The molecule has 0 unspecified atom stereocenters. The zero-order valence-electron chi connectivity index (χ0n) is 18.4. The second-order valence-corrected chi connectivity index (χ2v) is 8.13. The fourth-order valence-corrected chi connectivity index (χ4v) is 2.75. The maximum Gasteiger partial charge on any atom is 0.408 e. The smallest absolute Gasteiger partial charge is 0.408 e. The van der Waals surface area contributed by atoms with Gasteiger partial charge < -0.3 is 20.5 Å². The van der Waals surface area contributed by atoms with E-state index in [-0.39, 0.29) is 18.7 Å². The summed E-state index contributed by atoms with van der Waals surface area (Å²) in [4.78, 5) is 35.2. The van der Waals surface area contributed by atoms with Crippen molar-refractivity contribution < 1.29 is 24.2 Å². The van der Waals surface area contributed by atoms with Crippen LogP contribution in [-0.4, -0.2) is 61.7 Å². The number of amides is 2. The van der Waals surface area contributed by atoms with Crippen LogP contribution in [0.25, 0.3) is 11.4 Å². The van der Waals surface area contributed by atoms with Gasteiger partial charge in [-0.2, -0.15) is 0 Å². The van der Waals surface area contributed by atoms with Gasteiger partial charge >= 0.3 is 12.1 Å². The number of nitrogens with zero attached hydrogens (tertiary/aromatic N) is 4. The second-order valence-electron chi connectivity index (χ2n) is 8.13.